The van der Waals surface area contributed by atoms with Crippen molar-refractivity contribution in [3.8, 4) is 11.5 Å². The van der Waals surface area contributed by atoms with E-state index in [1.807, 2.05) is 26.1 Å². The Morgan fingerprint density at radius 3 is 2.83 bits per heavy atom. The third-order valence-electron chi connectivity index (χ3n) is 9.88. The van der Waals surface area contributed by atoms with Crippen LogP contribution in [0.2, 0.25) is 0 Å². The largest absolute Gasteiger partial charge is 0.504 e. The summed E-state index contributed by atoms with van der Waals surface area (Å²) in [6.45, 7) is 3.83. The number of likely N-dealkylation sites (N-methyl/N-ethyl adjacent to an activating group) is 1. The van der Waals surface area contributed by atoms with Crippen LogP contribution in [0.25, 0.3) is 6.08 Å². The van der Waals surface area contributed by atoms with Gasteiger partial charge in [0.25, 0.3) is 0 Å². The van der Waals surface area contributed by atoms with E-state index in [1.165, 1.54) is 18.4 Å². The number of phenols is 1. The van der Waals surface area contributed by atoms with Gasteiger partial charge in [0.05, 0.1) is 23.3 Å². The Hall–Kier alpha value is -2.77. The molecular weight excluding hydrogens is 456 g/mol. The lowest BCUT2D eigenvalue weighted by Crippen LogP contribution is -2.78. The summed E-state index contributed by atoms with van der Waals surface area (Å²) in [6.07, 6.45) is 9.97. The summed E-state index contributed by atoms with van der Waals surface area (Å²) in [5, 5.41) is 23.4. The molecule has 2 aromatic rings. The molecule has 1 amide bonds. The van der Waals surface area contributed by atoms with Gasteiger partial charge in [-0.1, -0.05) is 6.07 Å². The second-order valence-electron chi connectivity index (χ2n) is 11.6. The van der Waals surface area contributed by atoms with Crippen LogP contribution >= 0.6 is 0 Å². The van der Waals surface area contributed by atoms with Crippen molar-refractivity contribution in [3.05, 3.63) is 53.0 Å². The van der Waals surface area contributed by atoms with Crippen LogP contribution in [-0.4, -0.2) is 69.8 Å². The molecular formula is C29H34N2O5. The molecule has 190 valence electrons. The second kappa shape index (κ2) is 7.62. The van der Waals surface area contributed by atoms with Crippen molar-refractivity contribution in [1.82, 2.24) is 9.80 Å². The van der Waals surface area contributed by atoms with Crippen molar-refractivity contribution in [2.75, 3.05) is 20.1 Å². The van der Waals surface area contributed by atoms with E-state index in [2.05, 4.69) is 4.90 Å². The minimum absolute atomic E-state index is 0.0341. The molecule has 7 rings (SSSR count). The third-order valence-corrected chi connectivity index (χ3v) is 9.88. The van der Waals surface area contributed by atoms with Gasteiger partial charge in [0, 0.05) is 36.8 Å². The Balaban J connectivity index is 1.27. The zero-order valence-electron chi connectivity index (χ0n) is 20.9. The maximum absolute atomic E-state index is 13.3. The van der Waals surface area contributed by atoms with Gasteiger partial charge < -0.3 is 24.3 Å². The number of amides is 1. The van der Waals surface area contributed by atoms with Crippen LogP contribution in [0.1, 0.15) is 54.6 Å². The minimum Gasteiger partial charge on any atom is -0.504 e. The maximum atomic E-state index is 13.3. The summed E-state index contributed by atoms with van der Waals surface area (Å²) >= 11 is 0. The van der Waals surface area contributed by atoms with Crippen molar-refractivity contribution >= 4 is 12.0 Å². The number of phenolic OH excluding ortho intramolecular Hbond substituents is 1. The molecule has 36 heavy (non-hydrogen) atoms. The van der Waals surface area contributed by atoms with Crippen LogP contribution < -0.4 is 4.74 Å². The lowest BCUT2D eigenvalue weighted by atomic mass is 9.48. The van der Waals surface area contributed by atoms with E-state index in [1.54, 1.807) is 29.4 Å². The van der Waals surface area contributed by atoms with Crippen molar-refractivity contribution < 1.29 is 24.2 Å². The first-order valence-corrected chi connectivity index (χ1v) is 13.3. The summed E-state index contributed by atoms with van der Waals surface area (Å²) in [5.41, 5.74) is 1.48. The van der Waals surface area contributed by atoms with Crippen LogP contribution in [0.5, 0.6) is 11.5 Å². The monoisotopic (exact) mass is 490 g/mol. The van der Waals surface area contributed by atoms with Gasteiger partial charge in [-0.2, -0.15) is 0 Å². The van der Waals surface area contributed by atoms with Crippen molar-refractivity contribution in [3.63, 3.8) is 0 Å². The van der Waals surface area contributed by atoms with E-state index < -0.39 is 17.1 Å². The van der Waals surface area contributed by atoms with E-state index in [0.717, 1.165) is 48.7 Å². The van der Waals surface area contributed by atoms with Crippen LogP contribution in [0.15, 0.2) is 35.0 Å². The average Bonchev–Trinajstić information content (AvgIpc) is 3.47. The van der Waals surface area contributed by atoms with Crippen LogP contribution in [0.3, 0.4) is 0 Å². The number of carbonyl (C=O) groups is 1. The fourth-order valence-corrected chi connectivity index (χ4v) is 7.86. The highest BCUT2D eigenvalue weighted by Gasteiger charge is 2.73. The summed E-state index contributed by atoms with van der Waals surface area (Å²) < 4.78 is 11.9. The predicted octanol–water partition coefficient (Wildman–Crippen LogP) is 3.40. The van der Waals surface area contributed by atoms with E-state index in [9.17, 15) is 15.0 Å². The number of likely N-dealkylation sites (tertiary alicyclic amines) is 1. The lowest BCUT2D eigenvalue weighted by Gasteiger charge is -2.64. The molecule has 3 aliphatic carbocycles. The molecule has 2 bridgehead atoms. The zero-order chi connectivity index (χ0) is 24.8. The molecule has 3 fully saturated rings. The zero-order valence-corrected chi connectivity index (χ0v) is 20.9. The average molecular weight is 491 g/mol. The summed E-state index contributed by atoms with van der Waals surface area (Å²) in [7, 11) is 1.83. The van der Waals surface area contributed by atoms with Crippen molar-refractivity contribution in [2.24, 2.45) is 5.92 Å². The van der Waals surface area contributed by atoms with Gasteiger partial charge in [0.2, 0.25) is 5.91 Å². The Morgan fingerprint density at radius 1 is 1.25 bits per heavy atom. The number of aromatic hydroxyl groups is 1. The van der Waals surface area contributed by atoms with E-state index in [-0.39, 0.29) is 23.7 Å². The molecule has 1 aromatic carbocycles. The molecule has 1 aromatic heterocycles. The number of hydrogen-bond acceptors (Lipinski definition) is 6. The first-order chi connectivity index (χ1) is 17.3. The molecule has 2 N–H and O–H groups in total. The third kappa shape index (κ3) is 2.90. The number of aryl methyl sites for hydroxylation is 1. The number of ether oxygens (including phenoxy) is 1. The molecule has 2 saturated carbocycles. The van der Waals surface area contributed by atoms with Gasteiger partial charge >= 0.3 is 0 Å². The molecule has 1 spiro atoms. The SMILES string of the molecule is Cc1occc1/C=C/C(=O)N(C)[C@@H]1CC[C@@]2(O)[C@@H]3Cc4ccc(O)c5c4[C@@]2(CCN3CC2CC2)[C@H]1O5. The highest BCUT2D eigenvalue weighted by molar-refractivity contribution is 5.92. The number of furan rings is 1. The Bertz CT molecular complexity index is 1260. The Morgan fingerprint density at radius 2 is 2.08 bits per heavy atom. The second-order valence-corrected chi connectivity index (χ2v) is 11.6. The normalized spacial score (nSPS) is 34.5. The number of rotatable bonds is 5. The number of benzene rings is 1. The predicted molar refractivity (Wildman–Crippen MR) is 134 cm³/mol. The Kier molecular flexibility index (Phi) is 4.75. The van der Waals surface area contributed by atoms with Crippen LogP contribution in [0, 0.1) is 12.8 Å². The maximum Gasteiger partial charge on any atom is 0.246 e. The number of aliphatic hydroxyl groups is 1. The Labute approximate surface area is 211 Å². The lowest BCUT2D eigenvalue weighted by molar-refractivity contribution is -0.200. The molecule has 5 aliphatic rings. The highest BCUT2D eigenvalue weighted by Crippen LogP contribution is 2.66. The number of carbonyl (C=O) groups excluding carboxylic acids is 1. The highest BCUT2D eigenvalue weighted by atomic mass is 16.5. The van der Waals surface area contributed by atoms with E-state index in [0.29, 0.717) is 18.6 Å². The summed E-state index contributed by atoms with van der Waals surface area (Å²) in [6, 6.07) is 5.42. The fourth-order valence-electron chi connectivity index (χ4n) is 7.86. The minimum atomic E-state index is -0.943. The van der Waals surface area contributed by atoms with Crippen molar-refractivity contribution in [1.29, 1.82) is 0 Å². The van der Waals surface area contributed by atoms with Gasteiger partial charge in [-0.15, -0.1) is 0 Å². The summed E-state index contributed by atoms with van der Waals surface area (Å²) in [4.78, 5) is 17.6. The number of hydrogen-bond donors (Lipinski definition) is 2. The molecule has 7 nitrogen and oxygen atoms in total. The molecule has 0 unspecified atom stereocenters. The van der Waals surface area contributed by atoms with Gasteiger partial charge in [-0.05, 0) is 81.7 Å². The molecule has 5 atom stereocenters. The van der Waals surface area contributed by atoms with Crippen molar-refractivity contribution in [2.45, 2.75) is 74.7 Å². The van der Waals surface area contributed by atoms with E-state index in [4.69, 9.17) is 9.15 Å². The molecule has 0 radical (unpaired) electrons. The fraction of sp³-hybridized carbons (Fsp3) is 0.552. The van der Waals surface area contributed by atoms with Gasteiger partial charge in [-0.25, -0.2) is 0 Å². The summed E-state index contributed by atoms with van der Waals surface area (Å²) in [5.74, 6) is 2.06. The number of piperidine rings is 1. The quantitative estimate of drug-likeness (QED) is 0.625. The van der Waals surface area contributed by atoms with Gasteiger partial charge in [-0.3, -0.25) is 9.69 Å². The van der Waals surface area contributed by atoms with Crippen LogP contribution in [-0.2, 0) is 16.6 Å². The van der Waals surface area contributed by atoms with Gasteiger partial charge in [0.15, 0.2) is 11.5 Å². The van der Waals surface area contributed by atoms with E-state index >= 15 is 0 Å². The molecule has 2 aliphatic heterocycles. The smallest absolute Gasteiger partial charge is 0.246 e. The number of nitrogens with zero attached hydrogens (tertiary/aromatic N) is 2. The standard InChI is InChI=1S/C29H34N2O5/c1-17-19(10-14-35-17)6-8-24(33)30(2)21-9-11-29(34)23-15-20-5-7-22(32)26-25(20)28(29,27(21)36-26)12-13-31(23)16-18-3-4-18/h5-8,10,14,18,21,23,27,32,34H,3-4,9,11-13,15-16H2,1-2H3/b8-6+/t21-,23+,27+,28+,29-/m1/s1. The molecule has 7 heteroatoms. The van der Waals surface area contributed by atoms with Gasteiger partial charge in [0.1, 0.15) is 11.9 Å². The molecule has 3 heterocycles. The molecule has 1 saturated heterocycles. The topological polar surface area (TPSA) is 86.4 Å². The van der Waals surface area contributed by atoms with Crippen LogP contribution in [0.4, 0.5) is 0 Å². The first-order valence-electron chi connectivity index (χ1n) is 13.3. The first kappa shape index (κ1) is 22.4.